The van der Waals surface area contributed by atoms with Gasteiger partial charge >= 0.3 is 0 Å². The third kappa shape index (κ3) is 6.40. The number of aryl methyl sites for hydroxylation is 1. The molecule has 1 fully saturated rings. The lowest BCUT2D eigenvalue weighted by atomic mass is 10.1. The van der Waals surface area contributed by atoms with Crippen LogP contribution < -0.4 is 14.8 Å². The summed E-state index contributed by atoms with van der Waals surface area (Å²) >= 11 is 14.1. The lowest BCUT2D eigenvalue weighted by molar-refractivity contribution is -0.115. The zero-order chi connectivity index (χ0) is 24.8. The summed E-state index contributed by atoms with van der Waals surface area (Å²) in [5.41, 5.74) is 3.58. The minimum atomic E-state index is -0.216. The molecule has 1 aliphatic rings. The second-order valence-electron chi connectivity index (χ2n) is 7.64. The van der Waals surface area contributed by atoms with Crippen molar-refractivity contribution in [3.8, 4) is 11.5 Å². The second-order valence-corrected chi connectivity index (χ2v) is 9.49. The Morgan fingerprint density at radius 2 is 1.77 bits per heavy atom. The first kappa shape index (κ1) is 25.2. The number of halogens is 2. The number of ether oxygens (including phenoxy) is 2. The van der Waals surface area contributed by atoms with Gasteiger partial charge in [-0.05, 0) is 72.6 Å². The largest absolute Gasteiger partial charge is 0.490 e. The van der Waals surface area contributed by atoms with Crippen molar-refractivity contribution in [1.29, 1.82) is 0 Å². The number of nitrogens with one attached hydrogen (secondary N) is 1. The van der Waals surface area contributed by atoms with Crippen molar-refractivity contribution in [2.24, 2.45) is 4.99 Å². The fourth-order valence-electron chi connectivity index (χ4n) is 3.39. The highest BCUT2D eigenvalue weighted by molar-refractivity contribution is 8.18. The maximum atomic E-state index is 12.6. The van der Waals surface area contributed by atoms with Crippen molar-refractivity contribution in [2.75, 3.05) is 6.61 Å². The molecule has 1 aliphatic heterocycles. The van der Waals surface area contributed by atoms with E-state index in [0.717, 1.165) is 23.2 Å². The van der Waals surface area contributed by atoms with Gasteiger partial charge in [-0.3, -0.25) is 4.79 Å². The van der Waals surface area contributed by atoms with Crippen LogP contribution in [0.15, 0.2) is 70.6 Å². The molecule has 8 heteroatoms. The molecule has 0 unspecified atom stereocenters. The first-order valence-electron chi connectivity index (χ1n) is 11.2. The number of nitrogens with zero attached hydrogens (tertiary/aromatic N) is 1. The summed E-state index contributed by atoms with van der Waals surface area (Å²) in [5.74, 6) is 0.705. The van der Waals surface area contributed by atoms with Crippen LogP contribution in [0.5, 0.6) is 11.5 Å². The van der Waals surface area contributed by atoms with Crippen molar-refractivity contribution in [1.82, 2.24) is 5.32 Å². The summed E-state index contributed by atoms with van der Waals surface area (Å²) in [4.78, 5) is 17.6. The highest BCUT2D eigenvalue weighted by Crippen LogP contribution is 2.39. The molecule has 1 saturated heterocycles. The molecule has 0 spiro atoms. The van der Waals surface area contributed by atoms with Gasteiger partial charge < -0.3 is 14.8 Å². The summed E-state index contributed by atoms with van der Waals surface area (Å²) in [5, 5.41) is 4.34. The SMILES string of the molecule is CCOc1cc(/C=C2\SC(=Nc3ccc(CC)cc3)NC2=O)cc(Cl)c1OCc1ccccc1Cl. The topological polar surface area (TPSA) is 59.9 Å². The number of aliphatic imine (C=N–C) groups is 1. The Kier molecular flexibility index (Phi) is 8.39. The Labute approximate surface area is 219 Å². The molecule has 0 atom stereocenters. The summed E-state index contributed by atoms with van der Waals surface area (Å²) < 4.78 is 11.8. The quantitative estimate of drug-likeness (QED) is 0.310. The number of rotatable bonds is 8. The molecule has 180 valence electrons. The summed E-state index contributed by atoms with van der Waals surface area (Å²) in [6, 6.07) is 18.9. The van der Waals surface area contributed by atoms with Gasteiger partial charge in [-0.15, -0.1) is 0 Å². The average molecular weight is 527 g/mol. The Morgan fingerprint density at radius 3 is 2.49 bits per heavy atom. The summed E-state index contributed by atoms with van der Waals surface area (Å²) in [7, 11) is 0. The van der Waals surface area contributed by atoms with Gasteiger partial charge in [0.15, 0.2) is 16.7 Å². The van der Waals surface area contributed by atoms with Gasteiger partial charge in [0.05, 0.1) is 22.2 Å². The Bertz CT molecular complexity index is 1290. The monoisotopic (exact) mass is 526 g/mol. The lowest BCUT2D eigenvalue weighted by Crippen LogP contribution is -2.19. The smallest absolute Gasteiger partial charge is 0.264 e. The highest BCUT2D eigenvalue weighted by atomic mass is 35.5. The number of amidine groups is 1. The fraction of sp³-hybridized carbons (Fsp3) is 0.185. The molecule has 35 heavy (non-hydrogen) atoms. The van der Waals surface area contributed by atoms with Gasteiger partial charge in [0.1, 0.15) is 6.61 Å². The molecule has 0 saturated carbocycles. The number of carbonyl (C=O) groups is 1. The number of carbonyl (C=O) groups excluding carboxylic acids is 1. The predicted molar refractivity (Wildman–Crippen MR) is 145 cm³/mol. The van der Waals surface area contributed by atoms with Crippen LogP contribution in [0.25, 0.3) is 6.08 Å². The standard InChI is InChI=1S/C27H24Cl2N2O3S/c1-3-17-9-11-20(12-10-17)30-27-31-26(32)24(35-27)15-18-13-22(29)25(23(14-18)33-4-2)34-16-19-7-5-6-8-21(19)28/h5-15H,3-4,16H2,1-2H3,(H,30,31,32)/b24-15-. The number of thioether (sulfide) groups is 1. The van der Waals surface area contributed by atoms with Crippen LogP contribution in [-0.4, -0.2) is 17.7 Å². The molecule has 3 aromatic rings. The predicted octanol–water partition coefficient (Wildman–Crippen LogP) is 7.43. The van der Waals surface area contributed by atoms with Crippen LogP contribution >= 0.6 is 35.0 Å². The lowest BCUT2D eigenvalue weighted by Gasteiger charge is -2.15. The third-order valence-corrected chi connectivity index (χ3v) is 6.74. The summed E-state index contributed by atoms with van der Waals surface area (Å²) in [6.45, 7) is 4.66. The molecule has 0 aromatic heterocycles. The van der Waals surface area contributed by atoms with Crippen LogP contribution in [0.3, 0.4) is 0 Å². The van der Waals surface area contributed by atoms with E-state index in [1.807, 2.05) is 55.5 Å². The highest BCUT2D eigenvalue weighted by Gasteiger charge is 2.24. The minimum Gasteiger partial charge on any atom is -0.490 e. The number of hydrogen-bond acceptors (Lipinski definition) is 5. The number of benzene rings is 3. The molecule has 0 bridgehead atoms. The van der Waals surface area contributed by atoms with Gasteiger partial charge in [-0.25, -0.2) is 4.99 Å². The number of amides is 1. The van der Waals surface area contributed by atoms with Crippen LogP contribution in [0.4, 0.5) is 5.69 Å². The van der Waals surface area contributed by atoms with Gasteiger partial charge in [0, 0.05) is 10.6 Å². The van der Waals surface area contributed by atoms with Crippen molar-refractivity contribution in [3.05, 3.63) is 92.3 Å². The zero-order valence-electron chi connectivity index (χ0n) is 19.3. The molecular formula is C27H24Cl2N2O3S. The van der Waals surface area contributed by atoms with Gasteiger partial charge in [0.2, 0.25) is 0 Å². The van der Waals surface area contributed by atoms with E-state index < -0.39 is 0 Å². The van der Waals surface area contributed by atoms with Gasteiger partial charge in [0.25, 0.3) is 5.91 Å². The second kappa shape index (κ2) is 11.7. The Hall–Kier alpha value is -2.93. The first-order valence-corrected chi connectivity index (χ1v) is 12.7. The molecular weight excluding hydrogens is 503 g/mol. The molecule has 1 heterocycles. The van der Waals surface area contributed by atoms with E-state index in [9.17, 15) is 4.79 Å². The maximum absolute atomic E-state index is 12.6. The average Bonchev–Trinajstić information content (AvgIpc) is 3.18. The van der Waals surface area contributed by atoms with E-state index in [0.29, 0.717) is 38.2 Å². The van der Waals surface area contributed by atoms with Crippen LogP contribution in [0, 0.1) is 0 Å². The van der Waals surface area contributed by atoms with Crippen molar-refractivity contribution < 1.29 is 14.3 Å². The van der Waals surface area contributed by atoms with E-state index in [1.165, 1.54) is 17.3 Å². The van der Waals surface area contributed by atoms with E-state index in [2.05, 4.69) is 17.2 Å². The van der Waals surface area contributed by atoms with E-state index >= 15 is 0 Å². The van der Waals surface area contributed by atoms with Crippen LogP contribution in [0.2, 0.25) is 10.0 Å². The maximum Gasteiger partial charge on any atom is 0.264 e. The molecule has 3 aromatic carbocycles. The minimum absolute atomic E-state index is 0.216. The zero-order valence-corrected chi connectivity index (χ0v) is 21.6. The molecule has 0 aliphatic carbocycles. The molecule has 1 amide bonds. The van der Waals surface area contributed by atoms with Gasteiger partial charge in [-0.1, -0.05) is 60.5 Å². The van der Waals surface area contributed by atoms with E-state index in [1.54, 1.807) is 18.2 Å². The normalized spacial score (nSPS) is 15.5. The molecule has 1 N–H and O–H groups in total. The van der Waals surface area contributed by atoms with Gasteiger partial charge in [-0.2, -0.15) is 0 Å². The van der Waals surface area contributed by atoms with Crippen LogP contribution in [0.1, 0.15) is 30.5 Å². The Balaban J connectivity index is 1.55. The van der Waals surface area contributed by atoms with Crippen molar-refractivity contribution >= 4 is 57.8 Å². The summed E-state index contributed by atoms with van der Waals surface area (Å²) in [6.07, 6.45) is 2.72. The third-order valence-electron chi connectivity index (χ3n) is 5.19. The fourth-order valence-corrected chi connectivity index (χ4v) is 4.70. The molecule has 0 radical (unpaired) electrons. The van der Waals surface area contributed by atoms with Crippen molar-refractivity contribution in [3.63, 3.8) is 0 Å². The molecule has 4 rings (SSSR count). The molecule has 5 nitrogen and oxygen atoms in total. The number of hydrogen-bond donors (Lipinski definition) is 1. The van der Waals surface area contributed by atoms with E-state index in [4.69, 9.17) is 32.7 Å². The van der Waals surface area contributed by atoms with E-state index in [-0.39, 0.29) is 12.5 Å². The Morgan fingerprint density at radius 1 is 1.00 bits per heavy atom. The first-order chi connectivity index (χ1) is 17.0. The van der Waals surface area contributed by atoms with Crippen LogP contribution in [-0.2, 0) is 17.8 Å². The van der Waals surface area contributed by atoms with Crippen molar-refractivity contribution in [2.45, 2.75) is 26.9 Å².